The summed E-state index contributed by atoms with van der Waals surface area (Å²) < 4.78 is 59.7. The largest absolute Gasteiger partial charge is 0.490 e. The number of rotatable bonds is 4. The average Bonchev–Trinajstić information content (AvgIpc) is 3.29. The van der Waals surface area contributed by atoms with E-state index in [1.165, 1.54) is 11.0 Å². The standard InChI is InChI=1S/C29H25F4NO4/c1-15-12-24-20(9-10-34(24)28(37)17-5-7-18(8-6-17)29(31,32)33)26(21(15)14-25(35)36)22-13-23(30)27-19(16(22)2)4-3-11-38-27/h5-8,12-13H,3-4,9-11,14H2,1-2H3,(H,35,36). The van der Waals surface area contributed by atoms with E-state index in [-0.39, 0.29) is 24.3 Å². The van der Waals surface area contributed by atoms with Crippen LogP contribution in [0.2, 0.25) is 0 Å². The van der Waals surface area contributed by atoms with E-state index >= 15 is 4.39 Å². The van der Waals surface area contributed by atoms with Gasteiger partial charge in [0, 0.05) is 23.4 Å². The molecule has 0 aromatic heterocycles. The Morgan fingerprint density at radius 3 is 2.42 bits per heavy atom. The van der Waals surface area contributed by atoms with Gasteiger partial charge in [0.2, 0.25) is 0 Å². The minimum atomic E-state index is -4.51. The normalized spacial score (nSPS) is 14.6. The number of carboxylic acid groups (broad SMARTS) is 1. The number of alkyl halides is 3. The van der Waals surface area contributed by atoms with E-state index in [0.29, 0.717) is 53.0 Å². The lowest BCUT2D eigenvalue weighted by Crippen LogP contribution is -2.29. The van der Waals surface area contributed by atoms with E-state index in [1.54, 1.807) is 13.0 Å². The number of carbonyl (C=O) groups is 2. The highest BCUT2D eigenvalue weighted by atomic mass is 19.4. The van der Waals surface area contributed by atoms with Gasteiger partial charge in [0.1, 0.15) is 0 Å². The summed E-state index contributed by atoms with van der Waals surface area (Å²) in [6.07, 6.45) is -3.04. The Hall–Kier alpha value is -3.88. The molecule has 0 spiro atoms. The van der Waals surface area contributed by atoms with Crippen molar-refractivity contribution in [2.45, 2.75) is 45.7 Å². The van der Waals surface area contributed by atoms with Gasteiger partial charge >= 0.3 is 12.1 Å². The lowest BCUT2D eigenvalue weighted by Gasteiger charge is -2.25. The zero-order valence-electron chi connectivity index (χ0n) is 20.8. The van der Waals surface area contributed by atoms with Crippen LogP contribution in [0.15, 0.2) is 36.4 Å². The monoisotopic (exact) mass is 527 g/mol. The molecule has 2 heterocycles. The highest BCUT2D eigenvalue weighted by Gasteiger charge is 2.34. The predicted molar refractivity (Wildman–Crippen MR) is 133 cm³/mol. The van der Waals surface area contributed by atoms with Crippen molar-refractivity contribution in [3.05, 3.63) is 81.2 Å². The van der Waals surface area contributed by atoms with E-state index in [9.17, 15) is 27.9 Å². The van der Waals surface area contributed by atoms with E-state index in [1.807, 2.05) is 6.92 Å². The minimum absolute atomic E-state index is 0.104. The number of hydrogen-bond acceptors (Lipinski definition) is 3. The maximum atomic E-state index is 15.2. The van der Waals surface area contributed by atoms with Crippen molar-refractivity contribution in [1.29, 1.82) is 0 Å². The first-order chi connectivity index (χ1) is 18.0. The van der Waals surface area contributed by atoms with Crippen LogP contribution in [0.1, 0.15) is 50.2 Å². The second kappa shape index (κ2) is 9.45. The molecule has 3 aromatic rings. The van der Waals surface area contributed by atoms with Crippen LogP contribution in [0.3, 0.4) is 0 Å². The highest BCUT2D eigenvalue weighted by Crippen LogP contribution is 2.45. The van der Waals surface area contributed by atoms with Gasteiger partial charge in [0.05, 0.1) is 18.6 Å². The summed E-state index contributed by atoms with van der Waals surface area (Å²) in [7, 11) is 0. The second-order valence-electron chi connectivity index (χ2n) is 9.69. The molecule has 0 unspecified atom stereocenters. The Morgan fingerprint density at radius 2 is 1.76 bits per heavy atom. The maximum Gasteiger partial charge on any atom is 0.416 e. The van der Waals surface area contributed by atoms with Crippen molar-refractivity contribution >= 4 is 17.6 Å². The van der Waals surface area contributed by atoms with Crippen LogP contribution < -0.4 is 9.64 Å². The van der Waals surface area contributed by atoms with Crippen LogP contribution in [-0.2, 0) is 30.2 Å². The minimum Gasteiger partial charge on any atom is -0.490 e. The summed E-state index contributed by atoms with van der Waals surface area (Å²) in [5.41, 5.74) is 4.39. The van der Waals surface area contributed by atoms with Gasteiger partial charge in [-0.25, -0.2) is 4.39 Å². The van der Waals surface area contributed by atoms with Gasteiger partial charge in [0.25, 0.3) is 5.91 Å². The number of benzene rings is 3. The number of amides is 1. The van der Waals surface area contributed by atoms with Gasteiger partial charge in [-0.2, -0.15) is 13.2 Å². The number of aryl methyl sites for hydroxylation is 1. The number of fused-ring (bicyclic) bond motifs is 2. The molecule has 1 amide bonds. The molecule has 0 bridgehead atoms. The maximum absolute atomic E-state index is 15.2. The third-order valence-corrected chi connectivity index (χ3v) is 7.36. The quantitative estimate of drug-likeness (QED) is 0.406. The summed E-state index contributed by atoms with van der Waals surface area (Å²) >= 11 is 0. The first-order valence-electron chi connectivity index (χ1n) is 12.3. The number of carbonyl (C=O) groups excluding carboxylic acids is 1. The molecule has 0 saturated heterocycles. The number of halogens is 4. The fourth-order valence-electron chi connectivity index (χ4n) is 5.51. The van der Waals surface area contributed by atoms with Crippen molar-refractivity contribution in [1.82, 2.24) is 0 Å². The summed E-state index contributed by atoms with van der Waals surface area (Å²) in [5.74, 6) is -1.80. The van der Waals surface area contributed by atoms with Gasteiger partial charge in [-0.05, 0) is 103 Å². The van der Waals surface area contributed by atoms with Gasteiger partial charge in [-0.15, -0.1) is 0 Å². The Labute approximate surface area is 216 Å². The van der Waals surface area contributed by atoms with Crippen molar-refractivity contribution in [3.8, 4) is 16.9 Å². The van der Waals surface area contributed by atoms with Crippen LogP contribution in [0.25, 0.3) is 11.1 Å². The Kier molecular flexibility index (Phi) is 6.41. The molecular weight excluding hydrogens is 502 g/mol. The zero-order valence-corrected chi connectivity index (χ0v) is 20.8. The number of hydrogen-bond donors (Lipinski definition) is 1. The summed E-state index contributed by atoms with van der Waals surface area (Å²) in [5, 5.41) is 9.66. The van der Waals surface area contributed by atoms with Gasteiger partial charge in [-0.3, -0.25) is 9.59 Å². The number of anilines is 1. The Balaban J connectivity index is 1.65. The molecule has 0 atom stereocenters. The van der Waals surface area contributed by atoms with Crippen LogP contribution in [0.4, 0.5) is 23.2 Å². The molecule has 0 fully saturated rings. The summed E-state index contributed by atoms with van der Waals surface area (Å²) in [6, 6.07) is 7.16. The molecular formula is C29H25F4NO4. The van der Waals surface area contributed by atoms with E-state index in [4.69, 9.17) is 4.74 Å². The van der Waals surface area contributed by atoms with Gasteiger partial charge in [-0.1, -0.05) is 0 Å². The second-order valence-corrected chi connectivity index (χ2v) is 9.69. The third kappa shape index (κ3) is 4.40. The number of carboxylic acids is 1. The van der Waals surface area contributed by atoms with E-state index in [2.05, 4.69) is 0 Å². The van der Waals surface area contributed by atoms with E-state index < -0.39 is 29.4 Å². The molecule has 1 N–H and O–H groups in total. The molecule has 198 valence electrons. The SMILES string of the molecule is Cc1cc2c(c(-c3cc(F)c4c(c3C)CCCO4)c1CC(=O)O)CCN2C(=O)c1ccc(C(F)(F)F)cc1. The average molecular weight is 528 g/mol. The molecule has 2 aliphatic heterocycles. The van der Waals surface area contributed by atoms with Crippen LogP contribution >= 0.6 is 0 Å². The molecule has 2 aliphatic rings. The number of aliphatic carboxylic acids is 1. The van der Waals surface area contributed by atoms with Gasteiger partial charge in [0.15, 0.2) is 11.6 Å². The first-order valence-corrected chi connectivity index (χ1v) is 12.3. The molecule has 0 saturated carbocycles. The fourth-order valence-corrected chi connectivity index (χ4v) is 5.51. The van der Waals surface area contributed by atoms with Crippen LogP contribution in [0.5, 0.6) is 5.75 Å². The number of nitrogens with zero attached hydrogens (tertiary/aromatic N) is 1. The topological polar surface area (TPSA) is 66.8 Å². The van der Waals surface area contributed by atoms with Gasteiger partial charge < -0.3 is 14.7 Å². The van der Waals surface area contributed by atoms with Crippen molar-refractivity contribution < 1.29 is 37.0 Å². The summed E-state index contributed by atoms with van der Waals surface area (Å²) in [4.78, 5) is 26.7. The Morgan fingerprint density at radius 1 is 1.05 bits per heavy atom. The smallest absolute Gasteiger partial charge is 0.416 e. The van der Waals surface area contributed by atoms with Crippen LogP contribution in [-0.4, -0.2) is 30.1 Å². The first kappa shape index (κ1) is 25.8. The number of ether oxygens (including phenoxy) is 1. The fraction of sp³-hybridized carbons (Fsp3) is 0.310. The lowest BCUT2D eigenvalue weighted by atomic mass is 9.84. The molecule has 0 aliphatic carbocycles. The highest BCUT2D eigenvalue weighted by molar-refractivity contribution is 6.08. The van der Waals surface area contributed by atoms with E-state index in [0.717, 1.165) is 41.8 Å². The zero-order chi connectivity index (χ0) is 27.4. The molecule has 38 heavy (non-hydrogen) atoms. The molecule has 5 rings (SSSR count). The van der Waals surface area contributed by atoms with Crippen molar-refractivity contribution in [2.24, 2.45) is 0 Å². The molecule has 5 nitrogen and oxygen atoms in total. The third-order valence-electron chi connectivity index (χ3n) is 7.36. The molecule has 0 radical (unpaired) electrons. The summed E-state index contributed by atoms with van der Waals surface area (Å²) in [6.45, 7) is 4.29. The molecule has 9 heteroatoms. The van der Waals surface area contributed by atoms with Crippen molar-refractivity contribution in [2.75, 3.05) is 18.1 Å². The van der Waals surface area contributed by atoms with Crippen LogP contribution in [0, 0.1) is 19.7 Å². The lowest BCUT2D eigenvalue weighted by molar-refractivity contribution is -0.138. The Bertz CT molecular complexity index is 1460. The predicted octanol–water partition coefficient (Wildman–Crippen LogP) is 6.28. The van der Waals surface area contributed by atoms with Crippen molar-refractivity contribution in [3.63, 3.8) is 0 Å². The molecule has 3 aromatic carbocycles.